The molecule has 0 unspecified atom stereocenters. The molecule has 0 saturated carbocycles. The standard InChI is InChI=1S/C25H27N5O2/c1-4-19-7-9-20(10-8-19)15-29(16-21-6-5-11-26-14-21)25(32)12-22-17(2)27-23-13-24(31)28-30(23)18(22)3/h5-11,13-14H,4,12,15-16H2,1-3H3,(H,28,31). The Hall–Kier alpha value is -3.74. The van der Waals surface area contributed by atoms with Crippen LogP contribution in [0, 0.1) is 13.8 Å². The van der Waals surface area contributed by atoms with Gasteiger partial charge in [0, 0.05) is 48.5 Å². The van der Waals surface area contributed by atoms with Gasteiger partial charge in [0.25, 0.3) is 5.56 Å². The molecule has 4 rings (SSSR count). The van der Waals surface area contributed by atoms with Crippen LogP contribution >= 0.6 is 0 Å². The van der Waals surface area contributed by atoms with Gasteiger partial charge in [0.2, 0.25) is 5.91 Å². The van der Waals surface area contributed by atoms with E-state index in [4.69, 9.17) is 0 Å². The Labute approximate surface area is 186 Å². The number of pyridine rings is 1. The van der Waals surface area contributed by atoms with Gasteiger partial charge in [-0.05, 0) is 43.0 Å². The Balaban J connectivity index is 1.63. The van der Waals surface area contributed by atoms with Crippen molar-refractivity contribution in [2.24, 2.45) is 0 Å². The predicted octanol–water partition coefficient (Wildman–Crippen LogP) is 3.37. The van der Waals surface area contributed by atoms with Gasteiger partial charge in [-0.2, -0.15) is 0 Å². The fourth-order valence-electron chi connectivity index (χ4n) is 3.92. The van der Waals surface area contributed by atoms with Crippen molar-refractivity contribution in [3.63, 3.8) is 0 Å². The number of carbonyl (C=O) groups is 1. The van der Waals surface area contributed by atoms with E-state index in [0.29, 0.717) is 18.7 Å². The third kappa shape index (κ3) is 4.61. The summed E-state index contributed by atoms with van der Waals surface area (Å²) in [6.45, 7) is 6.88. The first-order valence-corrected chi connectivity index (χ1v) is 10.8. The highest BCUT2D eigenvalue weighted by atomic mass is 16.2. The molecule has 4 aromatic rings. The molecule has 7 heteroatoms. The normalized spacial score (nSPS) is 11.1. The molecule has 0 aliphatic rings. The minimum absolute atomic E-state index is 0.00438. The van der Waals surface area contributed by atoms with Crippen molar-refractivity contribution in [3.8, 4) is 0 Å². The second-order valence-electron chi connectivity index (χ2n) is 8.03. The average molecular weight is 430 g/mol. The molecule has 0 radical (unpaired) electrons. The minimum atomic E-state index is -0.211. The topological polar surface area (TPSA) is 83.4 Å². The van der Waals surface area contributed by atoms with Gasteiger partial charge in [-0.1, -0.05) is 37.3 Å². The number of aryl methyl sites for hydroxylation is 3. The van der Waals surface area contributed by atoms with E-state index in [1.54, 1.807) is 16.9 Å². The largest absolute Gasteiger partial charge is 0.334 e. The summed E-state index contributed by atoms with van der Waals surface area (Å²) in [5, 5.41) is 2.75. The van der Waals surface area contributed by atoms with Crippen LogP contribution in [-0.2, 0) is 30.7 Å². The van der Waals surface area contributed by atoms with E-state index in [-0.39, 0.29) is 17.9 Å². The summed E-state index contributed by atoms with van der Waals surface area (Å²) in [7, 11) is 0. The molecule has 3 heterocycles. The van der Waals surface area contributed by atoms with Crippen LogP contribution in [0.25, 0.3) is 5.65 Å². The highest BCUT2D eigenvalue weighted by molar-refractivity contribution is 5.79. The zero-order valence-electron chi connectivity index (χ0n) is 18.6. The molecule has 3 aromatic heterocycles. The number of fused-ring (bicyclic) bond motifs is 1. The maximum absolute atomic E-state index is 13.5. The summed E-state index contributed by atoms with van der Waals surface area (Å²) in [6.07, 6.45) is 4.70. The first-order valence-electron chi connectivity index (χ1n) is 10.8. The quantitative estimate of drug-likeness (QED) is 0.488. The molecule has 1 amide bonds. The molecule has 0 fully saturated rings. The van der Waals surface area contributed by atoms with E-state index >= 15 is 0 Å². The van der Waals surface area contributed by atoms with Crippen LogP contribution in [0.15, 0.2) is 59.7 Å². The highest BCUT2D eigenvalue weighted by Gasteiger charge is 2.20. The van der Waals surface area contributed by atoms with E-state index in [2.05, 4.69) is 46.3 Å². The first kappa shape index (κ1) is 21.5. The lowest BCUT2D eigenvalue weighted by Gasteiger charge is -2.24. The average Bonchev–Trinajstić information content (AvgIpc) is 3.17. The Bertz CT molecular complexity index is 1290. The fraction of sp³-hybridized carbons (Fsp3) is 0.280. The molecule has 0 atom stereocenters. The zero-order chi connectivity index (χ0) is 22.7. The van der Waals surface area contributed by atoms with Gasteiger partial charge >= 0.3 is 0 Å². The van der Waals surface area contributed by atoms with Crippen molar-refractivity contribution in [1.29, 1.82) is 0 Å². The SMILES string of the molecule is CCc1ccc(CN(Cc2cccnc2)C(=O)Cc2c(C)nc3cc(=O)[nH]n3c2C)cc1. The number of benzene rings is 1. The molecule has 32 heavy (non-hydrogen) atoms. The number of amides is 1. The van der Waals surface area contributed by atoms with E-state index in [9.17, 15) is 9.59 Å². The summed E-state index contributed by atoms with van der Waals surface area (Å²) < 4.78 is 1.65. The third-order valence-electron chi connectivity index (χ3n) is 5.78. The van der Waals surface area contributed by atoms with E-state index in [1.165, 1.54) is 11.6 Å². The monoisotopic (exact) mass is 429 g/mol. The lowest BCUT2D eigenvalue weighted by atomic mass is 10.1. The summed E-state index contributed by atoms with van der Waals surface area (Å²) in [6, 6.07) is 13.7. The Kier molecular flexibility index (Phi) is 6.16. The minimum Gasteiger partial charge on any atom is -0.334 e. The second-order valence-corrected chi connectivity index (χ2v) is 8.03. The van der Waals surface area contributed by atoms with Crippen LogP contribution in [0.5, 0.6) is 0 Å². The van der Waals surface area contributed by atoms with Crippen LogP contribution in [-0.4, -0.2) is 30.4 Å². The van der Waals surface area contributed by atoms with Crippen molar-refractivity contribution in [2.45, 2.75) is 46.7 Å². The summed E-state index contributed by atoms with van der Waals surface area (Å²) in [5.41, 5.74) is 6.07. The van der Waals surface area contributed by atoms with Crippen LogP contribution < -0.4 is 5.56 Å². The molecular formula is C25H27N5O2. The molecule has 0 bridgehead atoms. The van der Waals surface area contributed by atoms with Crippen LogP contribution in [0.4, 0.5) is 0 Å². The van der Waals surface area contributed by atoms with Gasteiger partial charge in [-0.15, -0.1) is 0 Å². The number of aromatic nitrogens is 4. The van der Waals surface area contributed by atoms with Crippen LogP contribution in [0.1, 0.15) is 40.6 Å². The maximum Gasteiger partial charge on any atom is 0.266 e. The molecule has 0 aliphatic heterocycles. The van der Waals surface area contributed by atoms with Crippen LogP contribution in [0.2, 0.25) is 0 Å². The second kappa shape index (κ2) is 9.18. The highest BCUT2D eigenvalue weighted by Crippen LogP contribution is 2.18. The molecule has 7 nitrogen and oxygen atoms in total. The molecule has 164 valence electrons. The summed E-state index contributed by atoms with van der Waals surface area (Å²) >= 11 is 0. The van der Waals surface area contributed by atoms with E-state index in [0.717, 1.165) is 34.5 Å². The van der Waals surface area contributed by atoms with Gasteiger partial charge in [0.15, 0.2) is 5.65 Å². The van der Waals surface area contributed by atoms with Crippen molar-refractivity contribution in [2.75, 3.05) is 0 Å². The van der Waals surface area contributed by atoms with Gasteiger partial charge < -0.3 is 4.90 Å². The predicted molar refractivity (Wildman–Crippen MR) is 123 cm³/mol. The molecular weight excluding hydrogens is 402 g/mol. The lowest BCUT2D eigenvalue weighted by Crippen LogP contribution is -2.32. The van der Waals surface area contributed by atoms with Crippen LogP contribution in [0.3, 0.4) is 0 Å². The smallest absolute Gasteiger partial charge is 0.266 e. The Morgan fingerprint density at radius 2 is 1.78 bits per heavy atom. The number of hydrogen-bond donors (Lipinski definition) is 1. The fourth-order valence-corrected chi connectivity index (χ4v) is 3.92. The summed E-state index contributed by atoms with van der Waals surface area (Å²) in [4.78, 5) is 35.8. The number of carbonyl (C=O) groups excluding carboxylic acids is 1. The molecule has 1 aromatic carbocycles. The lowest BCUT2D eigenvalue weighted by molar-refractivity contribution is -0.131. The van der Waals surface area contributed by atoms with Gasteiger partial charge in [0.05, 0.1) is 6.42 Å². The van der Waals surface area contributed by atoms with Gasteiger partial charge in [0.1, 0.15) is 0 Å². The number of nitrogens with one attached hydrogen (secondary N) is 1. The molecule has 0 spiro atoms. The zero-order valence-corrected chi connectivity index (χ0v) is 18.6. The number of hydrogen-bond acceptors (Lipinski definition) is 4. The number of rotatable bonds is 7. The van der Waals surface area contributed by atoms with Crippen molar-refractivity contribution in [1.82, 2.24) is 24.5 Å². The molecule has 1 N–H and O–H groups in total. The van der Waals surface area contributed by atoms with E-state index < -0.39 is 0 Å². The third-order valence-corrected chi connectivity index (χ3v) is 5.78. The Morgan fingerprint density at radius 1 is 1.06 bits per heavy atom. The van der Waals surface area contributed by atoms with Crippen molar-refractivity contribution in [3.05, 3.63) is 98.9 Å². The number of nitrogens with zero attached hydrogens (tertiary/aromatic N) is 4. The first-order chi connectivity index (χ1) is 15.4. The van der Waals surface area contributed by atoms with Crippen molar-refractivity contribution < 1.29 is 4.79 Å². The van der Waals surface area contributed by atoms with Gasteiger partial charge in [-0.3, -0.25) is 19.7 Å². The molecule has 0 saturated heterocycles. The van der Waals surface area contributed by atoms with Gasteiger partial charge in [-0.25, -0.2) is 9.50 Å². The maximum atomic E-state index is 13.5. The number of H-pyrrole nitrogens is 1. The molecule has 0 aliphatic carbocycles. The number of aromatic amines is 1. The van der Waals surface area contributed by atoms with E-state index in [1.807, 2.05) is 30.9 Å². The Morgan fingerprint density at radius 3 is 2.47 bits per heavy atom. The summed E-state index contributed by atoms with van der Waals surface area (Å²) in [5.74, 6) is -0.00438. The van der Waals surface area contributed by atoms with Crippen molar-refractivity contribution >= 4 is 11.6 Å².